The Morgan fingerprint density at radius 1 is 1.47 bits per heavy atom. The van der Waals surface area contributed by atoms with Crippen LogP contribution in [0.3, 0.4) is 0 Å². The number of amides is 1. The normalized spacial score (nSPS) is 9.47. The third-order valence-electron chi connectivity index (χ3n) is 2.34. The van der Waals surface area contributed by atoms with Crippen LogP contribution in [-0.4, -0.2) is 47.2 Å². The van der Waals surface area contributed by atoms with Crippen molar-refractivity contribution in [2.75, 3.05) is 20.2 Å². The molecule has 1 rings (SSSR count). The average molecular weight is 263 g/mol. The number of aliphatic carboxylic acids is 1. The van der Waals surface area contributed by atoms with Crippen LogP contribution in [0.2, 0.25) is 0 Å². The zero-order chi connectivity index (χ0) is 14.4. The highest BCUT2D eigenvalue weighted by Crippen LogP contribution is 2.30. The minimum atomic E-state index is -1.19. The van der Waals surface area contributed by atoms with E-state index in [9.17, 15) is 14.7 Å². The van der Waals surface area contributed by atoms with Gasteiger partial charge in [0.2, 0.25) is 0 Å². The van der Waals surface area contributed by atoms with E-state index in [1.54, 1.807) is 0 Å². The summed E-state index contributed by atoms with van der Waals surface area (Å²) in [5.74, 6) is 0.124. The average Bonchev–Trinajstić information content (AvgIpc) is 2.37. The first-order valence-electron chi connectivity index (χ1n) is 5.31. The zero-order valence-corrected chi connectivity index (χ0v) is 10.3. The van der Waals surface area contributed by atoms with Crippen LogP contribution in [0, 0.1) is 12.3 Å². The van der Waals surface area contributed by atoms with E-state index >= 15 is 0 Å². The van der Waals surface area contributed by atoms with Crippen molar-refractivity contribution >= 4 is 11.9 Å². The molecule has 0 aromatic heterocycles. The molecule has 1 aromatic carbocycles. The quantitative estimate of drug-likeness (QED) is 0.758. The number of benzene rings is 1. The summed E-state index contributed by atoms with van der Waals surface area (Å²) in [5.41, 5.74) is -0.0594. The van der Waals surface area contributed by atoms with Gasteiger partial charge in [0.1, 0.15) is 6.54 Å². The molecular formula is C13H13NO5. The van der Waals surface area contributed by atoms with Gasteiger partial charge in [-0.05, 0) is 12.1 Å². The van der Waals surface area contributed by atoms with Crippen LogP contribution in [0.5, 0.6) is 11.5 Å². The Morgan fingerprint density at radius 3 is 2.68 bits per heavy atom. The van der Waals surface area contributed by atoms with E-state index in [-0.39, 0.29) is 23.6 Å². The van der Waals surface area contributed by atoms with E-state index in [1.807, 2.05) is 0 Å². The lowest BCUT2D eigenvalue weighted by molar-refractivity contribution is -0.137. The molecular weight excluding hydrogens is 250 g/mol. The maximum Gasteiger partial charge on any atom is 0.323 e. The molecule has 0 aliphatic rings. The highest BCUT2D eigenvalue weighted by Gasteiger charge is 2.22. The number of phenols is 1. The highest BCUT2D eigenvalue weighted by atomic mass is 16.5. The van der Waals surface area contributed by atoms with Crippen LogP contribution in [-0.2, 0) is 4.79 Å². The number of hydrogen-bond donors (Lipinski definition) is 2. The van der Waals surface area contributed by atoms with Crippen LogP contribution in [0.15, 0.2) is 18.2 Å². The van der Waals surface area contributed by atoms with Gasteiger partial charge in [-0.1, -0.05) is 12.0 Å². The van der Waals surface area contributed by atoms with E-state index in [0.717, 1.165) is 4.90 Å². The Hall–Kier alpha value is -2.68. The number of para-hydroxylation sites is 1. The molecule has 6 heteroatoms. The van der Waals surface area contributed by atoms with Gasteiger partial charge in [-0.25, -0.2) is 0 Å². The Labute approximate surface area is 110 Å². The molecule has 6 nitrogen and oxygen atoms in total. The Balaban J connectivity index is 3.09. The summed E-state index contributed by atoms with van der Waals surface area (Å²) in [7, 11) is 1.35. The summed E-state index contributed by atoms with van der Waals surface area (Å²) in [6.45, 7) is -0.707. The fourth-order valence-electron chi connectivity index (χ4n) is 1.50. The SMILES string of the molecule is C#CCN(CC(=O)O)C(=O)c1cccc(OC)c1O. The number of rotatable bonds is 5. The number of carbonyl (C=O) groups excluding carboxylic acids is 1. The molecule has 0 saturated carbocycles. The summed E-state index contributed by atoms with van der Waals surface area (Å²) >= 11 is 0. The maximum absolute atomic E-state index is 12.1. The molecule has 0 bridgehead atoms. The number of ether oxygens (including phenoxy) is 1. The van der Waals surface area contributed by atoms with E-state index in [1.165, 1.54) is 25.3 Å². The maximum atomic E-state index is 12.1. The molecule has 0 aliphatic heterocycles. The smallest absolute Gasteiger partial charge is 0.323 e. The Kier molecular flexibility index (Phi) is 4.77. The van der Waals surface area contributed by atoms with Gasteiger partial charge in [0.15, 0.2) is 11.5 Å². The van der Waals surface area contributed by atoms with Crippen molar-refractivity contribution in [3.05, 3.63) is 23.8 Å². The minimum Gasteiger partial charge on any atom is -0.504 e. The summed E-state index contributed by atoms with van der Waals surface area (Å²) < 4.78 is 4.88. The zero-order valence-electron chi connectivity index (χ0n) is 10.3. The molecule has 1 aromatic rings. The number of methoxy groups -OCH3 is 1. The molecule has 0 unspecified atom stereocenters. The van der Waals surface area contributed by atoms with Crippen molar-refractivity contribution in [3.63, 3.8) is 0 Å². The third kappa shape index (κ3) is 3.39. The van der Waals surface area contributed by atoms with Gasteiger partial charge < -0.3 is 19.8 Å². The van der Waals surface area contributed by atoms with Gasteiger partial charge in [-0.2, -0.15) is 0 Å². The summed E-state index contributed by atoms with van der Waals surface area (Å²) in [6, 6.07) is 4.36. The van der Waals surface area contributed by atoms with Crippen molar-refractivity contribution in [2.24, 2.45) is 0 Å². The topological polar surface area (TPSA) is 87.1 Å². The van der Waals surface area contributed by atoms with E-state index in [2.05, 4.69) is 5.92 Å². The first-order chi connectivity index (χ1) is 9.01. The number of nitrogens with zero attached hydrogens (tertiary/aromatic N) is 1. The minimum absolute atomic E-state index is 0.0594. The lowest BCUT2D eigenvalue weighted by atomic mass is 10.1. The second-order valence-corrected chi connectivity index (χ2v) is 3.62. The molecule has 0 spiro atoms. The molecule has 0 saturated heterocycles. The van der Waals surface area contributed by atoms with Crippen molar-refractivity contribution in [3.8, 4) is 23.8 Å². The molecule has 1 amide bonds. The largest absolute Gasteiger partial charge is 0.504 e. The molecule has 2 N–H and O–H groups in total. The standard InChI is InChI=1S/C13H13NO5/c1-3-7-14(8-11(15)16)13(18)9-5-4-6-10(19-2)12(9)17/h1,4-6,17H,7-8H2,2H3,(H,15,16). The van der Waals surface area contributed by atoms with Gasteiger partial charge in [0, 0.05) is 0 Å². The third-order valence-corrected chi connectivity index (χ3v) is 2.34. The Morgan fingerprint density at radius 2 is 2.16 bits per heavy atom. The molecule has 0 aliphatic carbocycles. The lowest BCUT2D eigenvalue weighted by Crippen LogP contribution is -2.36. The Bertz CT molecular complexity index is 532. The predicted octanol–water partition coefficient (Wildman–Crippen LogP) is 0.561. The van der Waals surface area contributed by atoms with Crippen molar-refractivity contribution in [1.82, 2.24) is 4.90 Å². The molecule has 0 radical (unpaired) electrons. The fourth-order valence-corrected chi connectivity index (χ4v) is 1.50. The molecule has 19 heavy (non-hydrogen) atoms. The monoisotopic (exact) mass is 263 g/mol. The van der Waals surface area contributed by atoms with Crippen LogP contribution in [0.25, 0.3) is 0 Å². The van der Waals surface area contributed by atoms with E-state index in [4.69, 9.17) is 16.3 Å². The first-order valence-corrected chi connectivity index (χ1v) is 5.31. The number of aromatic hydroxyl groups is 1. The first kappa shape index (κ1) is 14.4. The highest BCUT2D eigenvalue weighted by molar-refractivity contribution is 5.99. The lowest BCUT2D eigenvalue weighted by Gasteiger charge is -2.19. The van der Waals surface area contributed by atoms with Gasteiger partial charge in [0.05, 0.1) is 19.2 Å². The number of phenolic OH excluding ortho intramolecular Hbond substituents is 1. The van der Waals surface area contributed by atoms with E-state index in [0.29, 0.717) is 0 Å². The van der Waals surface area contributed by atoms with E-state index < -0.39 is 18.4 Å². The molecule has 0 heterocycles. The van der Waals surface area contributed by atoms with Gasteiger partial charge >= 0.3 is 5.97 Å². The van der Waals surface area contributed by atoms with Crippen LogP contribution < -0.4 is 4.74 Å². The number of carbonyl (C=O) groups is 2. The number of hydrogen-bond acceptors (Lipinski definition) is 4. The summed E-state index contributed by atoms with van der Waals surface area (Å²) in [5, 5.41) is 18.6. The number of carboxylic acid groups (broad SMARTS) is 1. The van der Waals surface area contributed by atoms with Gasteiger partial charge in [-0.3, -0.25) is 9.59 Å². The van der Waals surface area contributed by atoms with Crippen molar-refractivity contribution in [2.45, 2.75) is 0 Å². The van der Waals surface area contributed by atoms with Crippen LogP contribution in [0.1, 0.15) is 10.4 Å². The molecule has 100 valence electrons. The molecule has 0 atom stereocenters. The fraction of sp³-hybridized carbons (Fsp3) is 0.231. The van der Waals surface area contributed by atoms with Gasteiger partial charge in [-0.15, -0.1) is 6.42 Å². The predicted molar refractivity (Wildman–Crippen MR) is 67.0 cm³/mol. The second-order valence-electron chi connectivity index (χ2n) is 3.62. The van der Waals surface area contributed by atoms with Gasteiger partial charge in [0.25, 0.3) is 5.91 Å². The van der Waals surface area contributed by atoms with Crippen molar-refractivity contribution < 1.29 is 24.5 Å². The number of carboxylic acids is 1. The molecule has 0 fully saturated rings. The van der Waals surface area contributed by atoms with Crippen LogP contribution >= 0.6 is 0 Å². The summed E-state index contributed by atoms with van der Waals surface area (Å²) in [4.78, 5) is 23.7. The second kappa shape index (κ2) is 6.31. The summed E-state index contributed by atoms with van der Waals surface area (Å²) in [6.07, 6.45) is 5.09. The van der Waals surface area contributed by atoms with Crippen LogP contribution in [0.4, 0.5) is 0 Å². The van der Waals surface area contributed by atoms with Crippen molar-refractivity contribution in [1.29, 1.82) is 0 Å². The number of terminal acetylenes is 1.